The lowest BCUT2D eigenvalue weighted by Crippen LogP contribution is -2.54. The van der Waals surface area contributed by atoms with Crippen molar-refractivity contribution >= 4 is 17.7 Å². The molecule has 3 heterocycles. The van der Waals surface area contributed by atoms with E-state index in [0.29, 0.717) is 0 Å². The normalized spacial score (nSPS) is 22.9. The minimum atomic E-state index is -0.0937. The second-order valence-corrected chi connectivity index (χ2v) is 10.0. The molecule has 0 bridgehead atoms. The highest BCUT2D eigenvalue weighted by Crippen LogP contribution is 2.33. The predicted molar refractivity (Wildman–Crippen MR) is 123 cm³/mol. The standard InChI is InChI=1S/C24H32N4OS/c1-24(2,20-8-4-3-5-9-20)10-12-27-13-15-28(16-14-27)23(29)21-18-30-22(26-21)19-7-6-11-25-17-19/h3-9,11,17,21-22,26H,10,12-16,18H2,1-2H3. The second kappa shape index (κ2) is 9.50. The molecule has 1 aromatic heterocycles. The molecule has 2 saturated heterocycles. The summed E-state index contributed by atoms with van der Waals surface area (Å²) in [7, 11) is 0. The number of carbonyl (C=O) groups is 1. The average molecular weight is 425 g/mol. The summed E-state index contributed by atoms with van der Waals surface area (Å²) < 4.78 is 0. The van der Waals surface area contributed by atoms with Crippen molar-refractivity contribution in [2.24, 2.45) is 0 Å². The number of nitrogens with zero attached hydrogens (tertiary/aromatic N) is 3. The Morgan fingerprint density at radius 3 is 2.60 bits per heavy atom. The Bertz CT molecular complexity index is 822. The van der Waals surface area contributed by atoms with E-state index in [1.807, 2.05) is 17.2 Å². The molecule has 2 atom stereocenters. The zero-order valence-electron chi connectivity index (χ0n) is 18.0. The maximum absolute atomic E-state index is 13.0. The second-order valence-electron chi connectivity index (χ2n) is 8.89. The molecule has 2 unspecified atom stereocenters. The zero-order valence-corrected chi connectivity index (χ0v) is 18.8. The lowest BCUT2D eigenvalue weighted by molar-refractivity contribution is -0.134. The van der Waals surface area contributed by atoms with Crippen molar-refractivity contribution in [2.75, 3.05) is 38.5 Å². The van der Waals surface area contributed by atoms with Crippen molar-refractivity contribution in [2.45, 2.75) is 37.1 Å². The Balaban J connectivity index is 1.23. The first-order chi connectivity index (χ1) is 14.5. The largest absolute Gasteiger partial charge is 0.339 e. The SMILES string of the molecule is CC(C)(CCN1CCN(C(=O)C2CSC(c3cccnc3)N2)CC1)c1ccccc1. The number of benzene rings is 1. The van der Waals surface area contributed by atoms with Crippen molar-refractivity contribution < 1.29 is 4.79 Å². The molecular formula is C24H32N4OS. The van der Waals surface area contributed by atoms with Gasteiger partial charge in [0.2, 0.25) is 5.91 Å². The number of thioether (sulfide) groups is 1. The van der Waals surface area contributed by atoms with E-state index >= 15 is 0 Å². The maximum atomic E-state index is 13.0. The Morgan fingerprint density at radius 1 is 1.13 bits per heavy atom. The quantitative estimate of drug-likeness (QED) is 0.771. The van der Waals surface area contributed by atoms with Crippen LogP contribution in [-0.4, -0.2) is 65.2 Å². The summed E-state index contributed by atoms with van der Waals surface area (Å²) in [5.74, 6) is 1.07. The van der Waals surface area contributed by atoms with Crippen LogP contribution in [0, 0.1) is 0 Å². The van der Waals surface area contributed by atoms with E-state index in [2.05, 4.69) is 65.4 Å². The molecule has 0 spiro atoms. The van der Waals surface area contributed by atoms with Gasteiger partial charge in [0.25, 0.3) is 0 Å². The average Bonchev–Trinajstić information content (AvgIpc) is 3.29. The number of hydrogen-bond donors (Lipinski definition) is 1. The fourth-order valence-corrected chi connectivity index (χ4v) is 5.44. The molecule has 2 aliphatic heterocycles. The number of carbonyl (C=O) groups excluding carboxylic acids is 1. The monoisotopic (exact) mass is 424 g/mol. The Labute approximate surface area is 184 Å². The van der Waals surface area contributed by atoms with Crippen molar-refractivity contribution in [3.05, 3.63) is 66.0 Å². The van der Waals surface area contributed by atoms with E-state index in [1.54, 1.807) is 18.0 Å². The number of aromatic nitrogens is 1. The molecule has 1 aromatic carbocycles. The van der Waals surface area contributed by atoms with E-state index in [4.69, 9.17) is 0 Å². The molecule has 1 amide bonds. The van der Waals surface area contributed by atoms with E-state index < -0.39 is 0 Å². The summed E-state index contributed by atoms with van der Waals surface area (Å²) in [4.78, 5) is 21.7. The van der Waals surface area contributed by atoms with E-state index in [0.717, 1.165) is 50.5 Å². The van der Waals surface area contributed by atoms with Gasteiger partial charge in [-0.1, -0.05) is 50.2 Å². The molecule has 0 saturated carbocycles. The molecule has 2 aromatic rings. The molecule has 30 heavy (non-hydrogen) atoms. The Morgan fingerprint density at radius 2 is 1.90 bits per heavy atom. The highest BCUT2D eigenvalue weighted by molar-refractivity contribution is 7.99. The molecule has 5 nitrogen and oxygen atoms in total. The number of hydrogen-bond acceptors (Lipinski definition) is 5. The van der Waals surface area contributed by atoms with Crippen molar-refractivity contribution in [3.63, 3.8) is 0 Å². The molecule has 4 rings (SSSR count). The first kappa shape index (κ1) is 21.3. The maximum Gasteiger partial charge on any atom is 0.240 e. The summed E-state index contributed by atoms with van der Waals surface area (Å²) in [5.41, 5.74) is 2.70. The van der Waals surface area contributed by atoms with Crippen LogP contribution in [0.3, 0.4) is 0 Å². The Kier molecular flexibility index (Phi) is 6.76. The molecule has 0 aliphatic carbocycles. The van der Waals surface area contributed by atoms with Crippen LogP contribution in [-0.2, 0) is 10.2 Å². The zero-order chi connectivity index (χ0) is 21.0. The van der Waals surface area contributed by atoms with Gasteiger partial charge in [0.1, 0.15) is 0 Å². The van der Waals surface area contributed by atoms with Crippen molar-refractivity contribution in [1.82, 2.24) is 20.1 Å². The topological polar surface area (TPSA) is 48.5 Å². The van der Waals surface area contributed by atoms with Gasteiger partial charge in [0, 0.05) is 44.3 Å². The lowest BCUT2D eigenvalue weighted by Gasteiger charge is -2.37. The van der Waals surface area contributed by atoms with Gasteiger partial charge >= 0.3 is 0 Å². The minimum absolute atomic E-state index is 0.0937. The van der Waals surface area contributed by atoms with Gasteiger partial charge in [0.05, 0.1) is 11.4 Å². The molecule has 0 radical (unpaired) electrons. The van der Waals surface area contributed by atoms with Gasteiger partial charge in [-0.2, -0.15) is 0 Å². The van der Waals surface area contributed by atoms with Crippen LogP contribution >= 0.6 is 11.8 Å². The fourth-order valence-electron chi connectivity index (χ4n) is 4.22. The number of piperazine rings is 1. The molecule has 1 N–H and O–H groups in total. The van der Waals surface area contributed by atoms with E-state index in [9.17, 15) is 4.79 Å². The molecular weight excluding hydrogens is 392 g/mol. The summed E-state index contributed by atoms with van der Waals surface area (Å²) in [6.07, 6.45) is 4.79. The number of nitrogens with one attached hydrogen (secondary N) is 1. The fraction of sp³-hybridized carbons (Fsp3) is 0.500. The van der Waals surface area contributed by atoms with Gasteiger partial charge in [-0.05, 0) is 35.6 Å². The van der Waals surface area contributed by atoms with Crippen LogP contribution in [0.15, 0.2) is 54.9 Å². The van der Waals surface area contributed by atoms with Crippen molar-refractivity contribution in [1.29, 1.82) is 0 Å². The summed E-state index contributed by atoms with van der Waals surface area (Å²) in [6, 6.07) is 14.7. The van der Waals surface area contributed by atoms with Gasteiger partial charge in [-0.3, -0.25) is 20.0 Å². The lowest BCUT2D eigenvalue weighted by atomic mass is 9.81. The summed E-state index contributed by atoms with van der Waals surface area (Å²) >= 11 is 1.80. The predicted octanol–water partition coefficient (Wildman–Crippen LogP) is 3.30. The van der Waals surface area contributed by atoms with Gasteiger partial charge in [-0.25, -0.2) is 0 Å². The highest BCUT2D eigenvalue weighted by Gasteiger charge is 2.34. The van der Waals surface area contributed by atoms with Crippen LogP contribution in [0.5, 0.6) is 0 Å². The third-order valence-corrected chi connectivity index (χ3v) is 7.63. The minimum Gasteiger partial charge on any atom is -0.339 e. The van der Waals surface area contributed by atoms with Gasteiger partial charge in [-0.15, -0.1) is 11.8 Å². The first-order valence-corrected chi connectivity index (χ1v) is 11.9. The van der Waals surface area contributed by atoms with Crippen LogP contribution in [0.25, 0.3) is 0 Å². The summed E-state index contributed by atoms with van der Waals surface area (Å²) in [6.45, 7) is 9.29. The van der Waals surface area contributed by atoms with Crippen molar-refractivity contribution in [3.8, 4) is 0 Å². The third kappa shape index (κ3) is 5.05. The third-order valence-electron chi connectivity index (χ3n) is 6.36. The highest BCUT2D eigenvalue weighted by atomic mass is 32.2. The number of pyridine rings is 1. The van der Waals surface area contributed by atoms with E-state index in [1.165, 1.54) is 5.56 Å². The Hall–Kier alpha value is -1.89. The molecule has 2 fully saturated rings. The first-order valence-electron chi connectivity index (χ1n) is 10.9. The van der Waals surface area contributed by atoms with Crippen LogP contribution < -0.4 is 5.32 Å². The molecule has 160 valence electrons. The van der Waals surface area contributed by atoms with Crippen LogP contribution in [0.1, 0.15) is 36.8 Å². The van der Waals surface area contributed by atoms with Gasteiger partial charge < -0.3 is 4.90 Å². The number of amides is 1. The van der Waals surface area contributed by atoms with E-state index in [-0.39, 0.29) is 22.7 Å². The molecule has 6 heteroatoms. The number of rotatable bonds is 6. The van der Waals surface area contributed by atoms with Crippen LogP contribution in [0.2, 0.25) is 0 Å². The summed E-state index contributed by atoms with van der Waals surface area (Å²) in [5, 5.41) is 3.66. The van der Waals surface area contributed by atoms with Crippen LogP contribution in [0.4, 0.5) is 0 Å². The van der Waals surface area contributed by atoms with Gasteiger partial charge in [0.15, 0.2) is 0 Å². The molecule has 2 aliphatic rings. The smallest absolute Gasteiger partial charge is 0.240 e.